The molecule has 0 radical (unpaired) electrons. The number of hydrogen-bond donors (Lipinski definition) is 2. The van der Waals surface area contributed by atoms with Crippen molar-refractivity contribution in [3.63, 3.8) is 0 Å². The molecule has 27 heavy (non-hydrogen) atoms. The molecule has 0 aliphatic heterocycles. The molecule has 142 valence electrons. The van der Waals surface area contributed by atoms with Crippen LogP contribution in [0.3, 0.4) is 0 Å². The molecule has 8 heteroatoms. The van der Waals surface area contributed by atoms with Crippen molar-refractivity contribution in [2.24, 2.45) is 5.73 Å². The van der Waals surface area contributed by atoms with Crippen LogP contribution in [0.1, 0.15) is 15.9 Å². The van der Waals surface area contributed by atoms with Crippen LogP contribution < -0.4 is 15.8 Å². The van der Waals surface area contributed by atoms with Gasteiger partial charge in [0, 0.05) is 11.6 Å². The molecule has 0 spiro atoms. The van der Waals surface area contributed by atoms with E-state index in [0.29, 0.717) is 23.7 Å². The second-order valence-corrected chi connectivity index (χ2v) is 6.02. The van der Waals surface area contributed by atoms with Gasteiger partial charge >= 0.3 is 5.97 Å². The van der Waals surface area contributed by atoms with Crippen molar-refractivity contribution >= 4 is 29.4 Å². The standard InChI is InChI=1S/C19H19ClN2O5/c20-15-5-1-13(2-6-15)9-10-22-18(24)12-27-19(25)14-3-7-16(8-4-14)26-11-17(21)23/h1-8H,9-12H2,(H2,21,23)(H,22,24). The van der Waals surface area contributed by atoms with Crippen molar-refractivity contribution in [3.8, 4) is 5.75 Å². The highest BCUT2D eigenvalue weighted by molar-refractivity contribution is 6.30. The first kappa shape index (κ1) is 20.3. The third-order valence-corrected chi connectivity index (χ3v) is 3.71. The molecule has 0 saturated heterocycles. The number of benzene rings is 2. The first-order valence-electron chi connectivity index (χ1n) is 8.13. The van der Waals surface area contributed by atoms with Gasteiger partial charge in [0.2, 0.25) is 0 Å². The van der Waals surface area contributed by atoms with Crippen LogP contribution in [0.2, 0.25) is 5.02 Å². The number of carbonyl (C=O) groups is 3. The number of nitrogens with one attached hydrogen (secondary N) is 1. The summed E-state index contributed by atoms with van der Waals surface area (Å²) in [6, 6.07) is 13.3. The van der Waals surface area contributed by atoms with E-state index in [2.05, 4.69) is 5.32 Å². The first-order chi connectivity index (χ1) is 12.9. The number of carbonyl (C=O) groups excluding carboxylic acids is 3. The van der Waals surface area contributed by atoms with Crippen molar-refractivity contribution in [1.29, 1.82) is 0 Å². The lowest BCUT2D eigenvalue weighted by molar-refractivity contribution is -0.124. The second-order valence-electron chi connectivity index (χ2n) is 5.58. The number of halogens is 1. The minimum absolute atomic E-state index is 0.250. The van der Waals surface area contributed by atoms with Crippen LogP contribution in [0, 0.1) is 0 Å². The Kier molecular flexibility index (Phi) is 7.63. The minimum atomic E-state index is -0.635. The van der Waals surface area contributed by atoms with Gasteiger partial charge in [-0.25, -0.2) is 4.79 Å². The molecule has 0 fully saturated rings. The van der Waals surface area contributed by atoms with Crippen molar-refractivity contribution in [3.05, 3.63) is 64.7 Å². The van der Waals surface area contributed by atoms with E-state index >= 15 is 0 Å². The van der Waals surface area contributed by atoms with Gasteiger partial charge in [0.15, 0.2) is 13.2 Å². The highest BCUT2D eigenvalue weighted by Gasteiger charge is 2.10. The fourth-order valence-corrected chi connectivity index (χ4v) is 2.23. The van der Waals surface area contributed by atoms with E-state index in [9.17, 15) is 14.4 Å². The number of esters is 1. The molecule has 0 unspecified atom stereocenters. The average molecular weight is 391 g/mol. The third-order valence-electron chi connectivity index (χ3n) is 3.45. The van der Waals surface area contributed by atoms with E-state index in [1.54, 1.807) is 12.1 Å². The highest BCUT2D eigenvalue weighted by atomic mass is 35.5. The van der Waals surface area contributed by atoms with E-state index in [-0.39, 0.29) is 18.8 Å². The molecule has 2 amide bonds. The smallest absolute Gasteiger partial charge is 0.338 e. The summed E-state index contributed by atoms with van der Waals surface area (Å²) in [6.07, 6.45) is 0.642. The van der Waals surface area contributed by atoms with Crippen molar-refractivity contribution in [1.82, 2.24) is 5.32 Å². The SMILES string of the molecule is NC(=O)COc1ccc(C(=O)OCC(=O)NCCc2ccc(Cl)cc2)cc1. The maximum atomic E-state index is 11.9. The first-order valence-corrected chi connectivity index (χ1v) is 8.51. The Balaban J connectivity index is 1.70. The zero-order valence-electron chi connectivity index (χ0n) is 14.4. The van der Waals surface area contributed by atoms with E-state index < -0.39 is 17.8 Å². The number of rotatable bonds is 9. The van der Waals surface area contributed by atoms with Crippen LogP contribution in [-0.4, -0.2) is 37.5 Å². The average Bonchev–Trinajstić information content (AvgIpc) is 2.66. The Morgan fingerprint density at radius 1 is 0.963 bits per heavy atom. The van der Waals surface area contributed by atoms with Gasteiger partial charge in [0.25, 0.3) is 11.8 Å². The molecule has 0 aliphatic rings. The van der Waals surface area contributed by atoms with Gasteiger partial charge in [-0.1, -0.05) is 23.7 Å². The monoisotopic (exact) mass is 390 g/mol. The topological polar surface area (TPSA) is 108 Å². The predicted octanol–water partition coefficient (Wildman–Crippen LogP) is 1.72. The third kappa shape index (κ3) is 7.37. The number of amides is 2. The van der Waals surface area contributed by atoms with Crippen LogP contribution in [0.5, 0.6) is 5.75 Å². The molecule has 3 N–H and O–H groups in total. The highest BCUT2D eigenvalue weighted by Crippen LogP contribution is 2.13. The van der Waals surface area contributed by atoms with Crippen LogP contribution in [-0.2, 0) is 20.7 Å². The molecule has 7 nitrogen and oxygen atoms in total. The maximum absolute atomic E-state index is 11.9. The van der Waals surface area contributed by atoms with E-state index in [1.165, 1.54) is 24.3 Å². The fraction of sp³-hybridized carbons (Fsp3) is 0.211. The molecule has 0 bridgehead atoms. The van der Waals surface area contributed by atoms with E-state index in [4.69, 9.17) is 26.8 Å². The van der Waals surface area contributed by atoms with Gasteiger partial charge in [-0.2, -0.15) is 0 Å². The van der Waals surface area contributed by atoms with Crippen molar-refractivity contribution in [2.45, 2.75) is 6.42 Å². The normalized spacial score (nSPS) is 10.1. The molecule has 0 atom stereocenters. The lowest BCUT2D eigenvalue weighted by Crippen LogP contribution is -2.30. The van der Waals surface area contributed by atoms with Gasteiger partial charge in [-0.3, -0.25) is 9.59 Å². The zero-order chi connectivity index (χ0) is 19.6. The van der Waals surface area contributed by atoms with Crippen LogP contribution in [0.4, 0.5) is 0 Å². The van der Waals surface area contributed by atoms with Gasteiger partial charge in [0.05, 0.1) is 5.56 Å². The Bertz CT molecular complexity index is 791. The fourth-order valence-electron chi connectivity index (χ4n) is 2.10. The maximum Gasteiger partial charge on any atom is 0.338 e. The Labute approximate surface area is 161 Å². The summed E-state index contributed by atoms with van der Waals surface area (Å²) >= 11 is 5.81. The zero-order valence-corrected chi connectivity index (χ0v) is 15.2. The summed E-state index contributed by atoms with van der Waals surface area (Å²) in [5.41, 5.74) is 6.28. The van der Waals surface area contributed by atoms with Gasteiger partial charge < -0.3 is 20.5 Å². The molecule has 2 rings (SSSR count). The number of hydrogen-bond acceptors (Lipinski definition) is 5. The molecule has 0 aromatic heterocycles. The quantitative estimate of drug-likeness (QED) is 0.634. The summed E-state index contributed by atoms with van der Waals surface area (Å²) in [5, 5.41) is 3.33. The minimum Gasteiger partial charge on any atom is -0.484 e. The molecule has 0 saturated carbocycles. The Hall–Kier alpha value is -3.06. The number of nitrogens with two attached hydrogens (primary N) is 1. The molecular weight excluding hydrogens is 372 g/mol. The van der Waals surface area contributed by atoms with Crippen molar-refractivity contribution in [2.75, 3.05) is 19.8 Å². The largest absolute Gasteiger partial charge is 0.484 e. The summed E-state index contributed by atoms with van der Waals surface area (Å²) in [5.74, 6) is -1.23. The van der Waals surface area contributed by atoms with Crippen LogP contribution in [0.25, 0.3) is 0 Å². The predicted molar refractivity (Wildman–Crippen MR) is 99.6 cm³/mol. The molecular formula is C19H19ClN2O5. The van der Waals surface area contributed by atoms with Crippen LogP contribution >= 0.6 is 11.6 Å². The van der Waals surface area contributed by atoms with E-state index in [1.807, 2.05) is 12.1 Å². The summed E-state index contributed by atoms with van der Waals surface area (Å²) in [7, 11) is 0. The van der Waals surface area contributed by atoms with E-state index in [0.717, 1.165) is 5.56 Å². The number of primary amides is 1. The summed E-state index contributed by atoms with van der Waals surface area (Å²) < 4.78 is 10.1. The number of ether oxygens (including phenoxy) is 2. The van der Waals surface area contributed by atoms with Gasteiger partial charge in [-0.05, 0) is 48.4 Å². The molecule has 0 aliphatic carbocycles. The Morgan fingerprint density at radius 3 is 2.26 bits per heavy atom. The van der Waals surface area contributed by atoms with Crippen LogP contribution in [0.15, 0.2) is 48.5 Å². The lowest BCUT2D eigenvalue weighted by atomic mass is 10.1. The van der Waals surface area contributed by atoms with Gasteiger partial charge in [0.1, 0.15) is 5.75 Å². The summed E-state index contributed by atoms with van der Waals surface area (Å²) in [6.45, 7) is -0.205. The van der Waals surface area contributed by atoms with Crippen molar-refractivity contribution < 1.29 is 23.9 Å². The lowest BCUT2D eigenvalue weighted by Gasteiger charge is -2.08. The second kappa shape index (κ2) is 10.2. The summed E-state index contributed by atoms with van der Waals surface area (Å²) in [4.78, 5) is 34.3. The molecule has 2 aromatic rings. The molecule has 2 aromatic carbocycles. The Morgan fingerprint density at radius 2 is 1.63 bits per heavy atom. The van der Waals surface area contributed by atoms with Gasteiger partial charge in [-0.15, -0.1) is 0 Å². The molecule has 0 heterocycles.